The second-order valence-electron chi connectivity index (χ2n) is 6.20. The van der Waals surface area contributed by atoms with Gasteiger partial charge in [0, 0.05) is 23.6 Å². The number of aromatic nitrogens is 2. The summed E-state index contributed by atoms with van der Waals surface area (Å²) in [6.45, 7) is 5.70. The van der Waals surface area contributed by atoms with Crippen LogP contribution in [-0.2, 0) is 4.74 Å². The molecule has 0 saturated carbocycles. The molecule has 7 nitrogen and oxygen atoms in total. The molecular weight excluding hydrogens is 308 g/mol. The summed E-state index contributed by atoms with van der Waals surface area (Å²) in [6, 6.07) is 6.78. The maximum absolute atomic E-state index is 12.0. The molecule has 0 spiro atoms. The second-order valence-corrected chi connectivity index (χ2v) is 6.20. The van der Waals surface area contributed by atoms with Crippen molar-refractivity contribution in [2.24, 2.45) is 0 Å². The standard InChI is InChI=1S/C17H20N4O3/c1-17(2,3)21-14(22)12-9-18-16(19-10-12)20-13-7-5-6-11(8-13)15(23)24-4/h5-10H,1-4H3,(H,21,22)(H,18,19,20). The van der Waals surface area contributed by atoms with Gasteiger partial charge in [-0.3, -0.25) is 4.79 Å². The molecule has 0 radical (unpaired) electrons. The number of methoxy groups -OCH3 is 1. The third-order valence-corrected chi connectivity index (χ3v) is 2.94. The van der Waals surface area contributed by atoms with Gasteiger partial charge < -0.3 is 15.4 Å². The van der Waals surface area contributed by atoms with Crippen molar-refractivity contribution in [3.63, 3.8) is 0 Å². The van der Waals surface area contributed by atoms with Gasteiger partial charge in [-0.1, -0.05) is 6.07 Å². The maximum atomic E-state index is 12.0. The zero-order chi connectivity index (χ0) is 17.7. The Hall–Kier alpha value is -2.96. The molecule has 0 fully saturated rings. The van der Waals surface area contributed by atoms with Gasteiger partial charge in [0.15, 0.2) is 0 Å². The molecule has 0 saturated heterocycles. The quantitative estimate of drug-likeness (QED) is 0.838. The van der Waals surface area contributed by atoms with Crippen molar-refractivity contribution in [3.05, 3.63) is 47.8 Å². The van der Waals surface area contributed by atoms with Crippen molar-refractivity contribution in [2.75, 3.05) is 12.4 Å². The van der Waals surface area contributed by atoms with Crippen molar-refractivity contribution in [2.45, 2.75) is 26.3 Å². The number of nitrogens with zero attached hydrogens (tertiary/aromatic N) is 2. The monoisotopic (exact) mass is 328 g/mol. The number of hydrogen-bond donors (Lipinski definition) is 2. The van der Waals surface area contributed by atoms with Crippen molar-refractivity contribution in [3.8, 4) is 0 Å². The molecule has 0 atom stereocenters. The molecule has 2 rings (SSSR count). The smallest absolute Gasteiger partial charge is 0.337 e. The third-order valence-electron chi connectivity index (χ3n) is 2.94. The van der Waals surface area contributed by atoms with Crippen LogP contribution in [0.4, 0.5) is 11.6 Å². The van der Waals surface area contributed by atoms with Crippen molar-refractivity contribution >= 4 is 23.5 Å². The fraction of sp³-hybridized carbons (Fsp3) is 0.294. The largest absolute Gasteiger partial charge is 0.465 e. The number of benzene rings is 1. The maximum Gasteiger partial charge on any atom is 0.337 e. The first-order valence-corrected chi connectivity index (χ1v) is 7.38. The highest BCUT2D eigenvalue weighted by molar-refractivity contribution is 5.94. The molecule has 0 aliphatic rings. The van der Waals surface area contributed by atoms with E-state index in [-0.39, 0.29) is 11.4 Å². The van der Waals surface area contributed by atoms with E-state index in [0.29, 0.717) is 22.8 Å². The van der Waals surface area contributed by atoms with Gasteiger partial charge in [-0.15, -0.1) is 0 Å². The molecule has 0 bridgehead atoms. The molecule has 7 heteroatoms. The van der Waals surface area contributed by atoms with Gasteiger partial charge in [-0.25, -0.2) is 14.8 Å². The Morgan fingerprint density at radius 1 is 1.08 bits per heavy atom. The van der Waals surface area contributed by atoms with Gasteiger partial charge in [0.1, 0.15) is 0 Å². The van der Waals surface area contributed by atoms with Crippen LogP contribution in [-0.4, -0.2) is 34.5 Å². The first kappa shape index (κ1) is 17.4. The normalized spacial score (nSPS) is 10.8. The van der Waals surface area contributed by atoms with Crippen LogP contribution in [0.5, 0.6) is 0 Å². The number of ether oxygens (including phenoxy) is 1. The minimum Gasteiger partial charge on any atom is -0.465 e. The summed E-state index contributed by atoms with van der Waals surface area (Å²) in [5.74, 6) is -0.333. The summed E-state index contributed by atoms with van der Waals surface area (Å²) in [5.41, 5.74) is 1.11. The third kappa shape index (κ3) is 4.77. The average molecular weight is 328 g/mol. The number of carbonyl (C=O) groups excluding carboxylic acids is 2. The lowest BCUT2D eigenvalue weighted by molar-refractivity contribution is 0.0600. The van der Waals surface area contributed by atoms with Crippen LogP contribution in [0.1, 0.15) is 41.5 Å². The van der Waals surface area contributed by atoms with E-state index in [1.807, 2.05) is 20.8 Å². The zero-order valence-corrected chi connectivity index (χ0v) is 14.1. The van der Waals surface area contributed by atoms with E-state index in [0.717, 1.165) is 0 Å². The molecule has 1 aromatic heterocycles. The minimum atomic E-state index is -0.422. The number of nitrogens with one attached hydrogen (secondary N) is 2. The molecule has 1 aromatic carbocycles. The van der Waals surface area contributed by atoms with Crippen molar-refractivity contribution < 1.29 is 14.3 Å². The van der Waals surface area contributed by atoms with Crippen LogP contribution in [0.15, 0.2) is 36.7 Å². The summed E-state index contributed by atoms with van der Waals surface area (Å²) < 4.78 is 4.68. The molecule has 1 amide bonds. The number of esters is 1. The Balaban J connectivity index is 2.09. The lowest BCUT2D eigenvalue weighted by atomic mass is 10.1. The predicted molar refractivity (Wildman–Crippen MR) is 90.3 cm³/mol. The molecular formula is C17H20N4O3. The van der Waals surface area contributed by atoms with E-state index in [1.54, 1.807) is 24.3 Å². The van der Waals surface area contributed by atoms with Crippen LogP contribution < -0.4 is 10.6 Å². The molecule has 126 valence electrons. The van der Waals surface area contributed by atoms with Gasteiger partial charge in [0.25, 0.3) is 5.91 Å². The topological polar surface area (TPSA) is 93.2 Å². The van der Waals surface area contributed by atoms with Gasteiger partial charge in [-0.05, 0) is 39.0 Å². The SMILES string of the molecule is COC(=O)c1cccc(Nc2ncc(C(=O)NC(C)(C)C)cn2)c1. The van der Waals surface area contributed by atoms with Crippen LogP contribution in [0.25, 0.3) is 0 Å². The van der Waals surface area contributed by atoms with E-state index >= 15 is 0 Å². The second kappa shape index (κ2) is 7.08. The lowest BCUT2D eigenvalue weighted by Crippen LogP contribution is -2.40. The highest BCUT2D eigenvalue weighted by Gasteiger charge is 2.16. The number of amides is 1. The Labute approximate surface area is 140 Å². The minimum absolute atomic E-state index is 0.235. The Morgan fingerprint density at radius 2 is 1.75 bits per heavy atom. The molecule has 0 unspecified atom stereocenters. The summed E-state index contributed by atoms with van der Waals surface area (Å²) in [5, 5.41) is 5.82. The van der Waals surface area contributed by atoms with Gasteiger partial charge in [0.2, 0.25) is 5.95 Å². The Morgan fingerprint density at radius 3 is 2.33 bits per heavy atom. The first-order chi connectivity index (χ1) is 11.3. The molecule has 24 heavy (non-hydrogen) atoms. The van der Waals surface area contributed by atoms with Crippen LogP contribution in [0.3, 0.4) is 0 Å². The summed E-state index contributed by atoms with van der Waals surface area (Å²) in [4.78, 5) is 31.8. The molecule has 2 aromatic rings. The average Bonchev–Trinajstić information content (AvgIpc) is 2.53. The Kier molecular flexibility index (Phi) is 5.13. The Bertz CT molecular complexity index is 736. The summed E-state index contributed by atoms with van der Waals surface area (Å²) >= 11 is 0. The number of anilines is 2. The molecule has 0 aliphatic heterocycles. The zero-order valence-electron chi connectivity index (χ0n) is 14.1. The summed E-state index contributed by atoms with van der Waals surface area (Å²) in [6.07, 6.45) is 2.89. The molecule has 2 N–H and O–H groups in total. The lowest BCUT2D eigenvalue weighted by Gasteiger charge is -2.20. The number of carbonyl (C=O) groups is 2. The van der Waals surface area contributed by atoms with Crippen LogP contribution in [0.2, 0.25) is 0 Å². The molecule has 1 heterocycles. The highest BCUT2D eigenvalue weighted by Crippen LogP contribution is 2.15. The van der Waals surface area contributed by atoms with E-state index in [2.05, 4.69) is 25.3 Å². The van der Waals surface area contributed by atoms with Gasteiger partial charge in [-0.2, -0.15) is 0 Å². The fourth-order valence-corrected chi connectivity index (χ4v) is 1.89. The van der Waals surface area contributed by atoms with Gasteiger partial charge in [0.05, 0.1) is 18.2 Å². The number of rotatable bonds is 4. The van der Waals surface area contributed by atoms with E-state index in [4.69, 9.17) is 0 Å². The van der Waals surface area contributed by atoms with Crippen LogP contribution in [0, 0.1) is 0 Å². The predicted octanol–water partition coefficient (Wildman–Crippen LogP) is 2.54. The summed E-state index contributed by atoms with van der Waals surface area (Å²) in [7, 11) is 1.33. The van der Waals surface area contributed by atoms with Crippen molar-refractivity contribution in [1.29, 1.82) is 0 Å². The van der Waals surface area contributed by atoms with Gasteiger partial charge >= 0.3 is 5.97 Å². The number of hydrogen-bond acceptors (Lipinski definition) is 6. The van der Waals surface area contributed by atoms with Crippen molar-refractivity contribution in [1.82, 2.24) is 15.3 Å². The molecule has 0 aliphatic carbocycles. The van der Waals surface area contributed by atoms with E-state index in [9.17, 15) is 9.59 Å². The fourth-order valence-electron chi connectivity index (χ4n) is 1.89. The van der Waals surface area contributed by atoms with Crippen LogP contribution >= 0.6 is 0 Å². The van der Waals surface area contributed by atoms with E-state index in [1.165, 1.54) is 19.5 Å². The van der Waals surface area contributed by atoms with E-state index < -0.39 is 5.97 Å². The highest BCUT2D eigenvalue weighted by atomic mass is 16.5. The first-order valence-electron chi connectivity index (χ1n) is 7.38.